The predicted octanol–water partition coefficient (Wildman–Crippen LogP) is 1.82. The van der Waals surface area contributed by atoms with E-state index < -0.39 is 0 Å². The minimum absolute atomic E-state index is 0.0626. The normalized spacial score (nSPS) is 20.3. The maximum absolute atomic E-state index is 12.1. The number of amides is 1. The molecule has 1 atom stereocenters. The maximum atomic E-state index is 12.1. The molecule has 1 unspecified atom stereocenters. The Bertz CT molecular complexity index is 465. The number of morpholine rings is 1. The third kappa shape index (κ3) is 4.03. The van der Waals surface area contributed by atoms with Crippen LogP contribution < -0.4 is 5.32 Å². The Labute approximate surface area is 122 Å². The van der Waals surface area contributed by atoms with Crippen LogP contribution in [0.1, 0.15) is 15.9 Å². The van der Waals surface area contributed by atoms with Crippen molar-refractivity contribution in [2.75, 3.05) is 33.3 Å². The van der Waals surface area contributed by atoms with Crippen LogP contribution in [0.2, 0.25) is 0 Å². The molecular weight excluding hydrogens is 308 g/mol. The Balaban J connectivity index is 1.92. The predicted molar refractivity (Wildman–Crippen MR) is 78.4 cm³/mol. The van der Waals surface area contributed by atoms with Crippen LogP contribution in [0.5, 0.6) is 0 Å². The fourth-order valence-electron chi connectivity index (χ4n) is 2.11. The van der Waals surface area contributed by atoms with Crippen molar-refractivity contribution in [3.05, 3.63) is 33.8 Å². The van der Waals surface area contributed by atoms with Crippen LogP contribution in [-0.2, 0) is 4.74 Å². The molecule has 4 nitrogen and oxygen atoms in total. The second-order valence-corrected chi connectivity index (χ2v) is 5.80. The standard InChI is InChI=1S/C14H19BrN2O2/c1-10-3-4-13(15)12(7-10)14(18)16-8-11-9-17(2)5-6-19-11/h3-4,7,11H,5-6,8-9H2,1-2H3,(H,16,18). The Kier molecular flexibility index (Phi) is 4.96. The average molecular weight is 327 g/mol. The summed E-state index contributed by atoms with van der Waals surface area (Å²) in [6, 6.07) is 5.75. The number of carbonyl (C=O) groups is 1. The molecule has 1 heterocycles. The van der Waals surface area contributed by atoms with E-state index in [0.717, 1.165) is 29.7 Å². The lowest BCUT2D eigenvalue weighted by Gasteiger charge is -2.30. The van der Waals surface area contributed by atoms with Gasteiger partial charge in [-0.2, -0.15) is 0 Å². The van der Waals surface area contributed by atoms with Gasteiger partial charge in [0, 0.05) is 24.1 Å². The molecule has 1 saturated heterocycles. The first kappa shape index (κ1) is 14.5. The maximum Gasteiger partial charge on any atom is 0.252 e. The van der Waals surface area contributed by atoms with Crippen LogP contribution in [0, 0.1) is 6.92 Å². The lowest BCUT2D eigenvalue weighted by Crippen LogP contribution is -2.45. The summed E-state index contributed by atoms with van der Waals surface area (Å²) in [4.78, 5) is 14.3. The molecule has 0 radical (unpaired) electrons. The number of hydrogen-bond acceptors (Lipinski definition) is 3. The number of hydrogen-bond donors (Lipinski definition) is 1. The number of likely N-dealkylation sites (N-methyl/N-ethyl adjacent to an activating group) is 1. The highest BCUT2D eigenvalue weighted by Crippen LogP contribution is 2.18. The van der Waals surface area contributed by atoms with E-state index in [4.69, 9.17) is 4.74 Å². The fraction of sp³-hybridized carbons (Fsp3) is 0.500. The van der Waals surface area contributed by atoms with Gasteiger partial charge in [0.1, 0.15) is 0 Å². The SMILES string of the molecule is Cc1ccc(Br)c(C(=O)NCC2CN(C)CCO2)c1. The van der Waals surface area contributed by atoms with E-state index in [-0.39, 0.29) is 12.0 Å². The van der Waals surface area contributed by atoms with Gasteiger partial charge in [0.15, 0.2) is 0 Å². The quantitative estimate of drug-likeness (QED) is 0.921. The zero-order valence-corrected chi connectivity index (χ0v) is 12.9. The molecule has 5 heteroatoms. The van der Waals surface area contributed by atoms with Crippen molar-refractivity contribution in [1.82, 2.24) is 10.2 Å². The molecule has 0 aliphatic carbocycles. The molecule has 1 amide bonds. The Morgan fingerprint density at radius 1 is 1.58 bits per heavy atom. The number of aryl methyl sites for hydroxylation is 1. The summed E-state index contributed by atoms with van der Waals surface area (Å²) in [5.41, 5.74) is 1.74. The number of ether oxygens (including phenoxy) is 1. The van der Waals surface area contributed by atoms with Gasteiger partial charge in [-0.3, -0.25) is 4.79 Å². The summed E-state index contributed by atoms with van der Waals surface area (Å²) < 4.78 is 6.44. The summed E-state index contributed by atoms with van der Waals surface area (Å²) in [6.45, 7) is 5.06. The number of rotatable bonds is 3. The Hall–Kier alpha value is -0.910. The van der Waals surface area contributed by atoms with E-state index in [1.54, 1.807) is 0 Å². The zero-order valence-electron chi connectivity index (χ0n) is 11.3. The summed E-state index contributed by atoms with van der Waals surface area (Å²) >= 11 is 3.41. The summed E-state index contributed by atoms with van der Waals surface area (Å²) in [5, 5.41) is 2.94. The van der Waals surface area contributed by atoms with Gasteiger partial charge in [-0.25, -0.2) is 0 Å². The Morgan fingerprint density at radius 2 is 2.37 bits per heavy atom. The van der Waals surface area contributed by atoms with E-state index in [1.807, 2.05) is 25.1 Å². The van der Waals surface area contributed by atoms with Gasteiger partial charge in [-0.05, 0) is 42.0 Å². The molecule has 104 valence electrons. The molecule has 0 saturated carbocycles. The highest BCUT2D eigenvalue weighted by Gasteiger charge is 2.19. The first-order chi connectivity index (χ1) is 9.06. The summed E-state index contributed by atoms with van der Waals surface area (Å²) in [5.74, 6) is -0.0626. The number of carbonyl (C=O) groups excluding carboxylic acids is 1. The lowest BCUT2D eigenvalue weighted by atomic mass is 10.1. The minimum Gasteiger partial charge on any atom is -0.374 e. The van der Waals surface area contributed by atoms with Gasteiger partial charge >= 0.3 is 0 Å². The van der Waals surface area contributed by atoms with Crippen LogP contribution in [0.25, 0.3) is 0 Å². The molecule has 19 heavy (non-hydrogen) atoms. The van der Waals surface area contributed by atoms with Gasteiger partial charge in [-0.15, -0.1) is 0 Å². The van der Waals surface area contributed by atoms with Crippen LogP contribution >= 0.6 is 15.9 Å². The van der Waals surface area contributed by atoms with Crippen molar-refractivity contribution in [2.24, 2.45) is 0 Å². The summed E-state index contributed by atoms with van der Waals surface area (Å²) in [6.07, 6.45) is 0.0753. The summed E-state index contributed by atoms with van der Waals surface area (Å²) in [7, 11) is 2.06. The van der Waals surface area contributed by atoms with E-state index in [2.05, 4.69) is 33.2 Å². The van der Waals surface area contributed by atoms with Crippen molar-refractivity contribution in [3.8, 4) is 0 Å². The van der Waals surface area contributed by atoms with E-state index in [0.29, 0.717) is 12.1 Å². The molecule has 1 aromatic carbocycles. The molecule has 1 aliphatic rings. The monoisotopic (exact) mass is 326 g/mol. The van der Waals surface area contributed by atoms with Crippen LogP contribution in [0.15, 0.2) is 22.7 Å². The second kappa shape index (κ2) is 6.50. The molecule has 0 aromatic heterocycles. The molecular formula is C14H19BrN2O2. The van der Waals surface area contributed by atoms with Crippen molar-refractivity contribution < 1.29 is 9.53 Å². The minimum atomic E-state index is -0.0626. The highest BCUT2D eigenvalue weighted by atomic mass is 79.9. The van der Waals surface area contributed by atoms with Crippen LogP contribution in [0.4, 0.5) is 0 Å². The van der Waals surface area contributed by atoms with E-state index in [9.17, 15) is 4.79 Å². The van der Waals surface area contributed by atoms with Gasteiger partial charge in [0.25, 0.3) is 5.91 Å². The zero-order chi connectivity index (χ0) is 13.8. The van der Waals surface area contributed by atoms with E-state index >= 15 is 0 Å². The average Bonchev–Trinajstić information content (AvgIpc) is 2.39. The number of halogens is 1. The fourth-order valence-corrected chi connectivity index (χ4v) is 2.53. The van der Waals surface area contributed by atoms with Gasteiger partial charge < -0.3 is 15.0 Å². The van der Waals surface area contributed by atoms with Gasteiger partial charge in [0.05, 0.1) is 18.3 Å². The first-order valence-electron chi connectivity index (χ1n) is 6.41. The molecule has 1 N–H and O–H groups in total. The largest absolute Gasteiger partial charge is 0.374 e. The Morgan fingerprint density at radius 3 is 3.11 bits per heavy atom. The van der Waals surface area contributed by atoms with E-state index in [1.165, 1.54) is 0 Å². The van der Waals surface area contributed by atoms with Gasteiger partial charge in [0.2, 0.25) is 0 Å². The topological polar surface area (TPSA) is 41.6 Å². The number of nitrogens with zero attached hydrogens (tertiary/aromatic N) is 1. The number of benzene rings is 1. The smallest absolute Gasteiger partial charge is 0.252 e. The van der Waals surface area contributed by atoms with Crippen LogP contribution in [-0.4, -0.2) is 50.2 Å². The third-order valence-electron chi connectivity index (χ3n) is 3.20. The molecule has 0 bridgehead atoms. The first-order valence-corrected chi connectivity index (χ1v) is 7.20. The van der Waals surface area contributed by atoms with Crippen molar-refractivity contribution in [1.29, 1.82) is 0 Å². The molecule has 2 rings (SSSR count). The molecule has 1 fully saturated rings. The van der Waals surface area contributed by atoms with Gasteiger partial charge in [-0.1, -0.05) is 11.6 Å². The lowest BCUT2D eigenvalue weighted by molar-refractivity contribution is -0.0175. The highest BCUT2D eigenvalue weighted by molar-refractivity contribution is 9.10. The van der Waals surface area contributed by atoms with Crippen molar-refractivity contribution in [2.45, 2.75) is 13.0 Å². The third-order valence-corrected chi connectivity index (χ3v) is 3.89. The number of nitrogens with one attached hydrogen (secondary N) is 1. The van der Waals surface area contributed by atoms with Crippen molar-refractivity contribution >= 4 is 21.8 Å². The second-order valence-electron chi connectivity index (χ2n) is 4.95. The molecule has 1 aliphatic heterocycles. The van der Waals surface area contributed by atoms with Crippen molar-refractivity contribution in [3.63, 3.8) is 0 Å². The van der Waals surface area contributed by atoms with Crippen LogP contribution in [0.3, 0.4) is 0 Å². The molecule has 1 aromatic rings. The molecule has 0 spiro atoms.